The maximum Gasteiger partial charge on any atom is 0.419 e. The zero-order valence-electron chi connectivity index (χ0n) is 10.5. The van der Waals surface area contributed by atoms with Crippen molar-refractivity contribution in [2.75, 3.05) is 6.61 Å². The summed E-state index contributed by atoms with van der Waals surface area (Å²) in [6.07, 6.45) is -3.93. The molecule has 2 unspecified atom stereocenters. The van der Waals surface area contributed by atoms with Gasteiger partial charge in [-0.05, 0) is 30.5 Å². The van der Waals surface area contributed by atoms with Crippen molar-refractivity contribution in [2.45, 2.75) is 37.9 Å². The van der Waals surface area contributed by atoms with E-state index >= 15 is 0 Å². The van der Waals surface area contributed by atoms with E-state index < -0.39 is 23.5 Å². The summed E-state index contributed by atoms with van der Waals surface area (Å²) in [7, 11) is 0. The smallest absolute Gasteiger partial charge is 0.396 e. The molecule has 0 heterocycles. The van der Waals surface area contributed by atoms with E-state index in [-0.39, 0.29) is 19.1 Å². The Kier molecular flexibility index (Phi) is 5.31. The van der Waals surface area contributed by atoms with Crippen molar-refractivity contribution in [1.29, 1.82) is 0 Å². The number of aliphatic hydroxyl groups is 1. The molecule has 0 spiro atoms. The first kappa shape index (κ1) is 15.9. The second kappa shape index (κ2) is 6.34. The van der Waals surface area contributed by atoms with Gasteiger partial charge in [0.1, 0.15) is 5.82 Å². The van der Waals surface area contributed by atoms with E-state index in [0.717, 1.165) is 12.1 Å². The second-order valence-electron chi connectivity index (χ2n) is 4.43. The maximum atomic E-state index is 13.2. The summed E-state index contributed by atoms with van der Waals surface area (Å²) in [5, 5.41) is 8.97. The van der Waals surface area contributed by atoms with Crippen molar-refractivity contribution in [3.63, 3.8) is 0 Å². The van der Waals surface area contributed by atoms with Crippen LogP contribution in [0.3, 0.4) is 0 Å². The molecule has 1 aromatic rings. The third-order valence-corrected chi connectivity index (χ3v) is 3.15. The van der Waals surface area contributed by atoms with Gasteiger partial charge in [0.15, 0.2) is 0 Å². The van der Waals surface area contributed by atoms with E-state index in [2.05, 4.69) is 0 Å². The van der Waals surface area contributed by atoms with Crippen LogP contribution in [0.5, 0.6) is 0 Å². The standard InChI is InChI=1S/C13H17F4NO/c1-2-12(18)9(5-6-19)8-3-4-11(14)10(7-8)13(15,16)17/h3-4,7,9,12,19H,2,5-6,18H2,1H3. The molecule has 0 bridgehead atoms. The average Bonchev–Trinajstić information content (AvgIpc) is 2.34. The lowest BCUT2D eigenvalue weighted by Gasteiger charge is -2.23. The Balaban J connectivity index is 3.18. The fourth-order valence-corrected chi connectivity index (χ4v) is 2.04. The van der Waals surface area contributed by atoms with Gasteiger partial charge in [0.05, 0.1) is 5.56 Å². The van der Waals surface area contributed by atoms with Gasteiger partial charge in [-0.3, -0.25) is 0 Å². The molecule has 0 amide bonds. The summed E-state index contributed by atoms with van der Waals surface area (Å²) in [5.41, 5.74) is 4.85. The molecule has 0 fully saturated rings. The van der Waals surface area contributed by atoms with Crippen molar-refractivity contribution < 1.29 is 22.7 Å². The molecule has 1 aromatic carbocycles. The number of aliphatic hydroxyl groups excluding tert-OH is 1. The normalized spacial score (nSPS) is 15.3. The number of nitrogens with two attached hydrogens (primary N) is 1. The number of hydrogen-bond acceptors (Lipinski definition) is 2. The summed E-state index contributed by atoms with van der Waals surface area (Å²) in [6.45, 7) is 1.63. The van der Waals surface area contributed by atoms with Gasteiger partial charge >= 0.3 is 6.18 Å². The highest BCUT2D eigenvalue weighted by Crippen LogP contribution is 2.34. The Morgan fingerprint density at radius 3 is 2.42 bits per heavy atom. The summed E-state index contributed by atoms with van der Waals surface area (Å²) >= 11 is 0. The van der Waals surface area contributed by atoms with Crippen molar-refractivity contribution in [1.82, 2.24) is 0 Å². The molecule has 108 valence electrons. The molecule has 3 N–H and O–H groups in total. The highest BCUT2D eigenvalue weighted by atomic mass is 19.4. The molecule has 2 nitrogen and oxygen atoms in total. The van der Waals surface area contributed by atoms with E-state index in [9.17, 15) is 17.6 Å². The molecule has 0 aromatic heterocycles. The molecular formula is C13H17F4NO. The minimum atomic E-state index is -4.74. The van der Waals surface area contributed by atoms with Crippen LogP contribution in [-0.4, -0.2) is 17.8 Å². The third kappa shape index (κ3) is 3.91. The molecule has 19 heavy (non-hydrogen) atoms. The summed E-state index contributed by atoms with van der Waals surface area (Å²) < 4.78 is 51.1. The van der Waals surface area contributed by atoms with Crippen LogP contribution in [0.15, 0.2) is 18.2 Å². The van der Waals surface area contributed by atoms with Gasteiger partial charge in [-0.15, -0.1) is 0 Å². The lowest BCUT2D eigenvalue weighted by atomic mass is 9.87. The van der Waals surface area contributed by atoms with Gasteiger partial charge < -0.3 is 10.8 Å². The Bertz CT molecular complexity index is 420. The Morgan fingerprint density at radius 1 is 1.32 bits per heavy atom. The highest BCUT2D eigenvalue weighted by molar-refractivity contribution is 5.30. The highest BCUT2D eigenvalue weighted by Gasteiger charge is 2.35. The maximum absolute atomic E-state index is 13.2. The monoisotopic (exact) mass is 279 g/mol. The van der Waals surface area contributed by atoms with Crippen LogP contribution in [0.2, 0.25) is 0 Å². The van der Waals surface area contributed by atoms with Crippen LogP contribution in [0.1, 0.15) is 36.8 Å². The minimum absolute atomic E-state index is 0.183. The van der Waals surface area contributed by atoms with Gasteiger partial charge in [0, 0.05) is 18.6 Å². The van der Waals surface area contributed by atoms with Gasteiger partial charge in [-0.2, -0.15) is 13.2 Å². The number of benzene rings is 1. The third-order valence-electron chi connectivity index (χ3n) is 3.15. The van der Waals surface area contributed by atoms with E-state index in [1.54, 1.807) is 0 Å². The molecule has 0 aliphatic carbocycles. The van der Waals surface area contributed by atoms with Gasteiger partial charge in [-0.1, -0.05) is 13.0 Å². The van der Waals surface area contributed by atoms with Crippen LogP contribution in [0.25, 0.3) is 0 Å². The zero-order valence-corrected chi connectivity index (χ0v) is 10.5. The first-order valence-corrected chi connectivity index (χ1v) is 6.04. The molecule has 0 aliphatic heterocycles. The predicted octanol–water partition coefficient (Wildman–Crippen LogP) is 3.05. The number of halogens is 4. The van der Waals surface area contributed by atoms with Crippen molar-refractivity contribution in [3.8, 4) is 0 Å². The number of rotatable bonds is 5. The van der Waals surface area contributed by atoms with Crippen LogP contribution in [0.4, 0.5) is 17.6 Å². The van der Waals surface area contributed by atoms with Crippen molar-refractivity contribution in [3.05, 3.63) is 35.1 Å². The van der Waals surface area contributed by atoms with Gasteiger partial charge in [0.2, 0.25) is 0 Å². The Morgan fingerprint density at radius 2 is 1.95 bits per heavy atom. The van der Waals surface area contributed by atoms with E-state index in [4.69, 9.17) is 10.8 Å². The number of alkyl halides is 3. The minimum Gasteiger partial charge on any atom is -0.396 e. The van der Waals surface area contributed by atoms with E-state index in [0.29, 0.717) is 12.0 Å². The van der Waals surface area contributed by atoms with Gasteiger partial charge in [-0.25, -0.2) is 4.39 Å². The van der Waals surface area contributed by atoms with Crippen LogP contribution < -0.4 is 5.73 Å². The summed E-state index contributed by atoms with van der Waals surface area (Å²) in [6, 6.07) is 2.50. The average molecular weight is 279 g/mol. The molecule has 1 rings (SSSR count). The molecular weight excluding hydrogens is 262 g/mol. The predicted molar refractivity (Wildman–Crippen MR) is 64.1 cm³/mol. The number of hydrogen-bond donors (Lipinski definition) is 2. The van der Waals surface area contributed by atoms with Crippen LogP contribution in [-0.2, 0) is 6.18 Å². The first-order valence-electron chi connectivity index (χ1n) is 6.04. The van der Waals surface area contributed by atoms with Crippen LogP contribution >= 0.6 is 0 Å². The van der Waals surface area contributed by atoms with Crippen molar-refractivity contribution >= 4 is 0 Å². The summed E-state index contributed by atoms with van der Waals surface area (Å²) in [4.78, 5) is 0. The van der Waals surface area contributed by atoms with Crippen LogP contribution in [0, 0.1) is 5.82 Å². The Labute approximate surface area is 109 Å². The Hall–Kier alpha value is -1.14. The largest absolute Gasteiger partial charge is 0.419 e. The van der Waals surface area contributed by atoms with Crippen molar-refractivity contribution in [2.24, 2.45) is 5.73 Å². The SMILES string of the molecule is CCC(N)C(CCO)c1ccc(F)c(C(F)(F)F)c1. The molecule has 6 heteroatoms. The fourth-order valence-electron chi connectivity index (χ4n) is 2.04. The van der Waals surface area contributed by atoms with E-state index in [1.165, 1.54) is 6.07 Å². The second-order valence-corrected chi connectivity index (χ2v) is 4.43. The zero-order chi connectivity index (χ0) is 14.6. The topological polar surface area (TPSA) is 46.2 Å². The fraction of sp³-hybridized carbons (Fsp3) is 0.538. The molecule has 0 saturated heterocycles. The molecule has 0 aliphatic rings. The molecule has 0 saturated carbocycles. The van der Waals surface area contributed by atoms with E-state index in [1.807, 2.05) is 6.92 Å². The first-order chi connectivity index (χ1) is 8.81. The van der Waals surface area contributed by atoms with Gasteiger partial charge in [0.25, 0.3) is 0 Å². The lowest BCUT2D eigenvalue weighted by Crippen LogP contribution is -2.28. The summed E-state index contributed by atoms with van der Waals surface area (Å²) in [5.74, 6) is -1.72. The quantitative estimate of drug-likeness (QED) is 0.814. The molecule has 0 radical (unpaired) electrons. The lowest BCUT2D eigenvalue weighted by molar-refractivity contribution is -0.140. The molecule has 2 atom stereocenters.